The molecule has 0 aromatic rings. The first kappa shape index (κ1) is 12.5. The zero-order valence-corrected chi connectivity index (χ0v) is 8.20. The van der Waals surface area contributed by atoms with Gasteiger partial charge in [0.05, 0.1) is 12.6 Å². The Hall–Kier alpha value is -0.570. The molecule has 0 amide bonds. The Morgan fingerprint density at radius 2 is 2.00 bits per heavy atom. The normalized spacial score (nSPS) is 46.5. The standard InChI is InChI=1S/C8H15NO6/c1-3(11)8(14)7(9)6(13)5(12)4(2-10)15-8/h4-7,10,12-14H,2,9H2,1H3/t4-,5-,6+,7+,8-/m1/s1. The molecule has 0 spiro atoms. The largest absolute Gasteiger partial charge is 0.394 e. The number of carbonyl (C=O) groups excluding carboxylic acids is 1. The van der Waals surface area contributed by atoms with Gasteiger partial charge in [-0.25, -0.2) is 0 Å². The molecule has 15 heavy (non-hydrogen) atoms. The second-order valence-corrected chi connectivity index (χ2v) is 3.60. The fourth-order valence-electron chi connectivity index (χ4n) is 1.51. The highest BCUT2D eigenvalue weighted by molar-refractivity contribution is 5.84. The van der Waals surface area contributed by atoms with Gasteiger partial charge in [-0.3, -0.25) is 4.79 Å². The van der Waals surface area contributed by atoms with Crippen molar-refractivity contribution in [3.63, 3.8) is 0 Å². The van der Waals surface area contributed by atoms with E-state index in [1.165, 1.54) is 0 Å². The van der Waals surface area contributed by atoms with Crippen molar-refractivity contribution in [2.45, 2.75) is 37.1 Å². The second kappa shape index (κ2) is 4.12. The van der Waals surface area contributed by atoms with Gasteiger partial charge in [-0.05, 0) is 0 Å². The molecule has 0 saturated carbocycles. The second-order valence-electron chi connectivity index (χ2n) is 3.60. The molecule has 1 heterocycles. The van der Waals surface area contributed by atoms with Crippen LogP contribution in [0.1, 0.15) is 6.92 Å². The average molecular weight is 221 g/mol. The molecule has 0 aromatic heterocycles. The number of ketones is 1. The van der Waals surface area contributed by atoms with Gasteiger partial charge in [0, 0.05) is 6.92 Å². The molecule has 1 aliphatic rings. The van der Waals surface area contributed by atoms with Crippen molar-refractivity contribution in [1.29, 1.82) is 0 Å². The number of aliphatic hydroxyl groups is 4. The lowest BCUT2D eigenvalue weighted by Crippen LogP contribution is -2.70. The monoisotopic (exact) mass is 221 g/mol. The van der Waals surface area contributed by atoms with Crippen molar-refractivity contribution in [3.8, 4) is 0 Å². The van der Waals surface area contributed by atoms with E-state index in [0.717, 1.165) is 6.92 Å². The number of nitrogens with two attached hydrogens (primary N) is 1. The molecule has 7 heteroatoms. The molecular weight excluding hydrogens is 206 g/mol. The average Bonchev–Trinajstić information content (AvgIpc) is 2.20. The molecule has 1 saturated heterocycles. The molecular formula is C8H15NO6. The predicted octanol–water partition coefficient (Wildman–Crippen LogP) is -3.30. The van der Waals surface area contributed by atoms with Crippen LogP contribution in [0.15, 0.2) is 0 Å². The summed E-state index contributed by atoms with van der Waals surface area (Å²) < 4.78 is 4.80. The van der Waals surface area contributed by atoms with Gasteiger partial charge in [0.25, 0.3) is 0 Å². The van der Waals surface area contributed by atoms with Crippen LogP contribution in [0.5, 0.6) is 0 Å². The van der Waals surface area contributed by atoms with Gasteiger partial charge in [-0.15, -0.1) is 0 Å². The highest BCUT2D eigenvalue weighted by atomic mass is 16.7. The maximum Gasteiger partial charge on any atom is 0.244 e. The topological polar surface area (TPSA) is 133 Å². The van der Waals surface area contributed by atoms with Crippen LogP contribution in [0, 0.1) is 0 Å². The summed E-state index contributed by atoms with van der Waals surface area (Å²) in [5.41, 5.74) is 5.38. The van der Waals surface area contributed by atoms with E-state index in [9.17, 15) is 20.1 Å². The maximum absolute atomic E-state index is 11.1. The van der Waals surface area contributed by atoms with E-state index in [1.807, 2.05) is 0 Å². The van der Waals surface area contributed by atoms with Crippen molar-refractivity contribution in [3.05, 3.63) is 0 Å². The molecule has 6 N–H and O–H groups in total. The number of hydrogen-bond acceptors (Lipinski definition) is 7. The molecule has 88 valence electrons. The summed E-state index contributed by atoms with van der Waals surface area (Å²) in [6.07, 6.45) is -4.22. The van der Waals surface area contributed by atoms with Crippen molar-refractivity contribution in [2.24, 2.45) is 5.73 Å². The van der Waals surface area contributed by atoms with Crippen molar-refractivity contribution < 1.29 is 30.0 Å². The molecule has 1 aliphatic heterocycles. The van der Waals surface area contributed by atoms with Crippen LogP contribution in [-0.2, 0) is 9.53 Å². The van der Waals surface area contributed by atoms with Gasteiger partial charge >= 0.3 is 0 Å². The first-order valence-electron chi connectivity index (χ1n) is 4.48. The Bertz CT molecular complexity index is 258. The van der Waals surface area contributed by atoms with Crippen LogP contribution in [0.3, 0.4) is 0 Å². The highest BCUT2D eigenvalue weighted by Gasteiger charge is 2.54. The van der Waals surface area contributed by atoms with E-state index in [2.05, 4.69) is 0 Å². The van der Waals surface area contributed by atoms with E-state index >= 15 is 0 Å². The van der Waals surface area contributed by atoms with Crippen LogP contribution >= 0.6 is 0 Å². The fourth-order valence-corrected chi connectivity index (χ4v) is 1.51. The van der Waals surface area contributed by atoms with Gasteiger partial charge in [-0.1, -0.05) is 0 Å². The highest BCUT2D eigenvalue weighted by Crippen LogP contribution is 2.27. The van der Waals surface area contributed by atoms with E-state index in [4.69, 9.17) is 15.6 Å². The molecule has 0 radical (unpaired) electrons. The van der Waals surface area contributed by atoms with Crippen LogP contribution in [0.4, 0.5) is 0 Å². The van der Waals surface area contributed by atoms with Crippen LogP contribution < -0.4 is 5.73 Å². The lowest BCUT2D eigenvalue weighted by Gasteiger charge is -2.44. The Morgan fingerprint density at radius 3 is 2.40 bits per heavy atom. The SMILES string of the molecule is CC(=O)[C@@]1(O)O[C@H](CO)[C@@H](O)[C@H](O)[C@@H]1N. The zero-order chi connectivity index (χ0) is 11.8. The van der Waals surface area contributed by atoms with Gasteiger partial charge < -0.3 is 30.9 Å². The summed E-state index contributed by atoms with van der Waals surface area (Å²) in [5, 5.41) is 37.4. The molecule has 0 unspecified atom stereocenters. The Kier molecular flexibility index (Phi) is 3.44. The Morgan fingerprint density at radius 1 is 1.47 bits per heavy atom. The summed E-state index contributed by atoms with van der Waals surface area (Å²) in [6, 6.07) is -1.45. The van der Waals surface area contributed by atoms with Crippen molar-refractivity contribution in [2.75, 3.05) is 6.61 Å². The summed E-state index contributed by atoms with van der Waals surface area (Å²) in [6.45, 7) is 0.402. The number of carbonyl (C=O) groups is 1. The molecule has 0 aromatic carbocycles. The smallest absolute Gasteiger partial charge is 0.244 e. The first-order valence-corrected chi connectivity index (χ1v) is 4.48. The third-order valence-electron chi connectivity index (χ3n) is 2.57. The lowest BCUT2D eigenvalue weighted by molar-refractivity contribution is -0.296. The summed E-state index contributed by atoms with van der Waals surface area (Å²) in [5.74, 6) is -3.16. The first-order chi connectivity index (χ1) is 6.84. The maximum atomic E-state index is 11.1. The molecule has 1 fully saturated rings. The Balaban J connectivity index is 2.97. The van der Waals surface area contributed by atoms with Crippen LogP contribution in [-0.4, -0.2) is 63.0 Å². The third-order valence-corrected chi connectivity index (χ3v) is 2.57. The number of ether oxygens (including phenoxy) is 1. The number of aliphatic hydroxyl groups excluding tert-OH is 3. The fraction of sp³-hybridized carbons (Fsp3) is 0.875. The minimum absolute atomic E-state index is 0.638. The lowest BCUT2D eigenvalue weighted by atomic mass is 9.89. The van der Waals surface area contributed by atoms with E-state index in [-0.39, 0.29) is 0 Å². The van der Waals surface area contributed by atoms with Crippen molar-refractivity contribution >= 4 is 5.78 Å². The number of rotatable bonds is 2. The van der Waals surface area contributed by atoms with E-state index in [0.29, 0.717) is 0 Å². The molecule has 7 nitrogen and oxygen atoms in total. The predicted molar refractivity (Wildman–Crippen MR) is 47.6 cm³/mol. The minimum atomic E-state index is -2.37. The number of Topliss-reactive ketones (excluding diaryl/α,β-unsaturated/α-hetero) is 1. The molecule has 5 atom stereocenters. The number of hydrogen-bond donors (Lipinski definition) is 5. The molecule has 1 rings (SSSR count). The Labute approximate surface area is 86.1 Å². The van der Waals surface area contributed by atoms with Crippen molar-refractivity contribution in [1.82, 2.24) is 0 Å². The van der Waals surface area contributed by atoms with Crippen LogP contribution in [0.2, 0.25) is 0 Å². The van der Waals surface area contributed by atoms with Crippen LogP contribution in [0.25, 0.3) is 0 Å². The van der Waals surface area contributed by atoms with Gasteiger partial charge in [0.15, 0.2) is 5.78 Å². The zero-order valence-electron chi connectivity index (χ0n) is 8.20. The van der Waals surface area contributed by atoms with Gasteiger partial charge in [-0.2, -0.15) is 0 Å². The summed E-state index contributed by atoms with van der Waals surface area (Å²) in [4.78, 5) is 11.1. The van der Waals surface area contributed by atoms with Gasteiger partial charge in [0.2, 0.25) is 5.79 Å². The molecule has 0 bridgehead atoms. The van der Waals surface area contributed by atoms with Gasteiger partial charge in [0.1, 0.15) is 18.3 Å². The quantitative estimate of drug-likeness (QED) is 0.330. The minimum Gasteiger partial charge on any atom is -0.394 e. The van der Waals surface area contributed by atoms with E-state index in [1.54, 1.807) is 0 Å². The van der Waals surface area contributed by atoms with E-state index < -0.39 is 42.5 Å². The molecule has 0 aliphatic carbocycles. The summed E-state index contributed by atoms with van der Waals surface area (Å²) in [7, 11) is 0. The summed E-state index contributed by atoms with van der Waals surface area (Å²) >= 11 is 0. The third kappa shape index (κ3) is 1.89.